The molecule has 0 unspecified atom stereocenters. The first kappa shape index (κ1) is 16.9. The molecule has 0 atom stereocenters. The van der Waals surface area contributed by atoms with E-state index in [9.17, 15) is 9.59 Å². The van der Waals surface area contributed by atoms with Crippen molar-refractivity contribution in [2.45, 2.75) is 25.7 Å². The second-order valence-electron chi connectivity index (χ2n) is 6.00. The third-order valence-corrected chi connectivity index (χ3v) is 3.64. The monoisotopic (exact) mass is 322 g/mol. The average Bonchev–Trinajstić information content (AvgIpc) is 2.52. The van der Waals surface area contributed by atoms with E-state index in [1.54, 1.807) is 0 Å². The molecule has 3 N–H and O–H groups in total. The van der Waals surface area contributed by atoms with Gasteiger partial charge >= 0.3 is 12.0 Å². The minimum atomic E-state index is -0.943. The van der Waals surface area contributed by atoms with Gasteiger partial charge in [0.25, 0.3) is 0 Å². The fourth-order valence-corrected chi connectivity index (χ4v) is 2.21. The zero-order chi connectivity index (χ0) is 16.9. The molecule has 0 bridgehead atoms. The van der Waals surface area contributed by atoms with E-state index in [0.29, 0.717) is 25.5 Å². The number of nitrogens with one attached hydrogen (secondary N) is 2. The summed E-state index contributed by atoms with van der Waals surface area (Å²) in [5.74, 6) is 0.504. The first-order valence-electron chi connectivity index (χ1n) is 7.52. The van der Waals surface area contributed by atoms with Crippen LogP contribution in [0.2, 0.25) is 0 Å². The zero-order valence-corrected chi connectivity index (χ0v) is 13.3. The predicted molar refractivity (Wildman–Crippen MR) is 84.1 cm³/mol. The van der Waals surface area contributed by atoms with Crippen molar-refractivity contribution in [3.63, 3.8) is 0 Å². The van der Waals surface area contributed by atoms with E-state index in [2.05, 4.69) is 10.6 Å². The fraction of sp³-hybridized carbons (Fsp3) is 0.500. The van der Waals surface area contributed by atoms with Crippen LogP contribution in [-0.4, -0.2) is 43.4 Å². The smallest absolute Gasteiger partial charge is 0.314 e. The van der Waals surface area contributed by atoms with Crippen LogP contribution in [-0.2, 0) is 10.2 Å². The lowest BCUT2D eigenvalue weighted by Gasteiger charge is -2.27. The van der Waals surface area contributed by atoms with Gasteiger partial charge in [-0.1, -0.05) is 19.9 Å². The normalized spacial score (nSPS) is 13.3. The molecule has 1 heterocycles. The predicted octanol–water partition coefficient (Wildman–Crippen LogP) is 1.51. The Labute approximate surface area is 135 Å². The van der Waals surface area contributed by atoms with Gasteiger partial charge in [-0.2, -0.15) is 0 Å². The Bertz CT molecular complexity index is 586. The first-order chi connectivity index (χ1) is 10.9. The number of carbonyl (C=O) groups excluding carboxylic acids is 1. The Hall–Kier alpha value is -2.44. The van der Waals surface area contributed by atoms with Crippen LogP contribution in [0.3, 0.4) is 0 Å². The van der Waals surface area contributed by atoms with Gasteiger partial charge in [-0.15, -0.1) is 0 Å². The number of hydrogen-bond donors (Lipinski definition) is 3. The van der Waals surface area contributed by atoms with Crippen molar-refractivity contribution in [3.8, 4) is 11.5 Å². The van der Waals surface area contributed by atoms with E-state index in [1.807, 2.05) is 32.0 Å². The van der Waals surface area contributed by atoms with Crippen molar-refractivity contribution in [1.29, 1.82) is 0 Å². The molecule has 23 heavy (non-hydrogen) atoms. The number of amides is 2. The molecular weight excluding hydrogens is 300 g/mol. The van der Waals surface area contributed by atoms with Gasteiger partial charge < -0.3 is 25.2 Å². The molecule has 2 rings (SSSR count). The summed E-state index contributed by atoms with van der Waals surface area (Å²) >= 11 is 0. The van der Waals surface area contributed by atoms with Crippen LogP contribution in [0.5, 0.6) is 11.5 Å². The summed E-state index contributed by atoms with van der Waals surface area (Å²) in [6, 6.07) is 5.38. The molecular formula is C16H22N2O5. The first-order valence-corrected chi connectivity index (χ1v) is 7.52. The van der Waals surface area contributed by atoms with Crippen molar-refractivity contribution in [3.05, 3.63) is 23.8 Å². The highest BCUT2D eigenvalue weighted by molar-refractivity contribution is 5.75. The second kappa shape index (κ2) is 7.21. The minimum Gasteiger partial charge on any atom is -0.486 e. The van der Waals surface area contributed by atoms with Crippen molar-refractivity contribution >= 4 is 12.0 Å². The van der Waals surface area contributed by atoms with Crippen LogP contribution in [0.4, 0.5) is 4.79 Å². The van der Waals surface area contributed by atoms with Crippen molar-refractivity contribution in [2.75, 3.05) is 26.3 Å². The molecule has 1 aromatic carbocycles. The van der Waals surface area contributed by atoms with Crippen molar-refractivity contribution in [2.24, 2.45) is 0 Å². The van der Waals surface area contributed by atoms with Gasteiger partial charge in [-0.25, -0.2) is 4.79 Å². The number of benzene rings is 1. The highest BCUT2D eigenvalue weighted by atomic mass is 16.6. The van der Waals surface area contributed by atoms with Crippen molar-refractivity contribution in [1.82, 2.24) is 10.6 Å². The summed E-state index contributed by atoms with van der Waals surface area (Å²) in [6.07, 6.45) is -0.0982. The number of urea groups is 1. The van der Waals surface area contributed by atoms with Gasteiger partial charge in [0.2, 0.25) is 0 Å². The number of ether oxygens (including phenoxy) is 2. The molecule has 1 aliphatic rings. The number of aliphatic carboxylic acids is 1. The van der Waals surface area contributed by atoms with E-state index in [4.69, 9.17) is 14.6 Å². The molecule has 2 amide bonds. The van der Waals surface area contributed by atoms with Crippen molar-refractivity contribution < 1.29 is 24.2 Å². The van der Waals surface area contributed by atoms with E-state index < -0.39 is 5.97 Å². The van der Waals surface area contributed by atoms with Crippen LogP contribution in [0.25, 0.3) is 0 Å². The van der Waals surface area contributed by atoms with Gasteiger partial charge in [0.05, 0.1) is 6.42 Å². The molecule has 126 valence electrons. The largest absolute Gasteiger partial charge is 0.486 e. The summed E-state index contributed by atoms with van der Waals surface area (Å²) < 4.78 is 11.1. The van der Waals surface area contributed by atoms with Gasteiger partial charge in [-0.05, 0) is 17.7 Å². The molecule has 0 fully saturated rings. The number of hydrogen-bond acceptors (Lipinski definition) is 4. The molecule has 0 aliphatic carbocycles. The topological polar surface area (TPSA) is 96.9 Å². The zero-order valence-electron chi connectivity index (χ0n) is 13.3. The van der Waals surface area contributed by atoms with Gasteiger partial charge in [0, 0.05) is 18.5 Å². The number of carboxylic acid groups (broad SMARTS) is 1. The van der Waals surface area contributed by atoms with E-state index in [-0.39, 0.29) is 24.4 Å². The maximum atomic E-state index is 11.7. The molecule has 0 aromatic heterocycles. The van der Waals surface area contributed by atoms with Gasteiger partial charge in [0.15, 0.2) is 11.5 Å². The molecule has 7 heteroatoms. The molecule has 1 aliphatic heterocycles. The highest BCUT2D eigenvalue weighted by Crippen LogP contribution is 2.34. The van der Waals surface area contributed by atoms with Gasteiger partial charge in [-0.3, -0.25) is 4.79 Å². The molecule has 0 saturated carbocycles. The molecule has 7 nitrogen and oxygen atoms in total. The summed E-state index contributed by atoms with van der Waals surface area (Å²) in [5, 5.41) is 13.8. The molecule has 1 aromatic rings. The van der Waals surface area contributed by atoms with Crippen LogP contribution >= 0.6 is 0 Å². The SMILES string of the molecule is CC(C)(CNC(=O)NCCC(=O)O)c1ccc2c(c1)OCCO2. The van der Waals surface area contributed by atoms with E-state index in [1.165, 1.54) is 0 Å². The Kier molecular flexibility index (Phi) is 5.31. The summed E-state index contributed by atoms with van der Waals surface area (Å²) in [6.45, 7) is 5.61. The van der Waals surface area contributed by atoms with Gasteiger partial charge in [0.1, 0.15) is 13.2 Å². The third-order valence-electron chi connectivity index (χ3n) is 3.64. The minimum absolute atomic E-state index is 0.0982. The molecule has 0 radical (unpaired) electrons. The second-order valence-corrected chi connectivity index (χ2v) is 6.00. The maximum Gasteiger partial charge on any atom is 0.314 e. The summed E-state index contributed by atoms with van der Waals surface area (Å²) in [5.41, 5.74) is 0.715. The van der Waals surface area contributed by atoms with Crippen LogP contribution in [0.1, 0.15) is 25.8 Å². The van der Waals surface area contributed by atoms with E-state index in [0.717, 1.165) is 11.3 Å². The quantitative estimate of drug-likeness (QED) is 0.737. The lowest BCUT2D eigenvalue weighted by atomic mass is 9.84. The Morgan fingerprint density at radius 1 is 1.17 bits per heavy atom. The fourth-order valence-electron chi connectivity index (χ4n) is 2.21. The number of carbonyl (C=O) groups is 2. The van der Waals surface area contributed by atoms with Crippen LogP contribution < -0.4 is 20.1 Å². The Morgan fingerprint density at radius 2 is 1.87 bits per heavy atom. The summed E-state index contributed by atoms with van der Waals surface area (Å²) in [7, 11) is 0. The van der Waals surface area contributed by atoms with E-state index >= 15 is 0 Å². The number of rotatable bonds is 6. The highest BCUT2D eigenvalue weighted by Gasteiger charge is 2.24. The average molecular weight is 322 g/mol. The standard InChI is InChI=1S/C16H22N2O5/c1-16(2,10-18-15(21)17-6-5-14(19)20)11-3-4-12-13(9-11)23-8-7-22-12/h3-4,9H,5-8,10H2,1-2H3,(H,19,20)(H2,17,18,21). The number of carboxylic acids is 1. The lowest BCUT2D eigenvalue weighted by Crippen LogP contribution is -2.42. The number of fused-ring (bicyclic) bond motifs is 1. The van der Waals surface area contributed by atoms with Crippen LogP contribution in [0.15, 0.2) is 18.2 Å². The third kappa shape index (κ3) is 4.77. The maximum absolute atomic E-state index is 11.7. The molecule has 0 saturated heterocycles. The Balaban J connectivity index is 1.90. The van der Waals surface area contributed by atoms with Crippen LogP contribution in [0, 0.1) is 0 Å². The molecule has 0 spiro atoms. The Morgan fingerprint density at radius 3 is 2.57 bits per heavy atom. The lowest BCUT2D eigenvalue weighted by molar-refractivity contribution is -0.136. The summed E-state index contributed by atoms with van der Waals surface area (Å²) in [4.78, 5) is 22.1.